The summed E-state index contributed by atoms with van der Waals surface area (Å²) in [5, 5.41) is 12.3. The number of nitrogens with zero attached hydrogens (tertiary/aromatic N) is 4. The third kappa shape index (κ3) is 4.04. The van der Waals surface area contributed by atoms with Gasteiger partial charge in [-0.15, -0.1) is 0 Å². The lowest BCUT2D eigenvalue weighted by Crippen LogP contribution is -2.37. The average molecular weight is 364 g/mol. The summed E-state index contributed by atoms with van der Waals surface area (Å²) in [5.41, 5.74) is 5.07. The van der Waals surface area contributed by atoms with Gasteiger partial charge in [0.15, 0.2) is 0 Å². The summed E-state index contributed by atoms with van der Waals surface area (Å²) >= 11 is 0. The van der Waals surface area contributed by atoms with E-state index in [4.69, 9.17) is 0 Å². The first-order valence-electron chi connectivity index (χ1n) is 10.1. The van der Waals surface area contributed by atoms with Crippen LogP contribution >= 0.6 is 0 Å². The first-order valence-corrected chi connectivity index (χ1v) is 10.1. The smallest absolute Gasteiger partial charge is 0.0920 e. The average Bonchev–Trinajstić information content (AvgIpc) is 3.13. The number of aromatic nitrogens is 3. The molecule has 3 heterocycles. The fraction of sp³-hybridized carbons (Fsp3) is 0.455. The Balaban J connectivity index is 1.45. The fourth-order valence-corrected chi connectivity index (χ4v) is 4.05. The molecular formula is C22H29N5. The third-order valence-corrected chi connectivity index (χ3v) is 5.83. The number of likely N-dealkylation sites (tertiary alicyclic amines) is 1. The maximum Gasteiger partial charge on any atom is 0.0920 e. The van der Waals surface area contributed by atoms with Crippen LogP contribution < -0.4 is 5.32 Å². The summed E-state index contributed by atoms with van der Waals surface area (Å²) in [4.78, 5) is 2.63. The molecule has 4 rings (SSSR count). The van der Waals surface area contributed by atoms with Crippen molar-refractivity contribution in [1.82, 2.24) is 25.0 Å². The van der Waals surface area contributed by atoms with E-state index in [1.807, 2.05) is 12.3 Å². The molecular weight excluding hydrogens is 334 g/mol. The largest absolute Gasteiger partial charge is 0.306 e. The molecule has 5 nitrogen and oxygen atoms in total. The Hall–Kier alpha value is -2.24. The molecule has 1 saturated heterocycles. The normalized spacial score (nSPS) is 19.4. The zero-order valence-corrected chi connectivity index (χ0v) is 16.3. The van der Waals surface area contributed by atoms with Gasteiger partial charge in [0.2, 0.25) is 0 Å². The number of benzene rings is 1. The predicted octanol–water partition coefficient (Wildman–Crippen LogP) is 3.95. The Bertz CT molecular complexity index is 887. The summed E-state index contributed by atoms with van der Waals surface area (Å²) in [7, 11) is 0. The highest BCUT2D eigenvalue weighted by Gasteiger charge is 2.19. The van der Waals surface area contributed by atoms with Crippen LogP contribution in [-0.2, 0) is 13.1 Å². The molecule has 0 spiro atoms. The van der Waals surface area contributed by atoms with Crippen molar-refractivity contribution in [3.63, 3.8) is 0 Å². The van der Waals surface area contributed by atoms with Crippen molar-refractivity contribution in [2.75, 3.05) is 6.54 Å². The van der Waals surface area contributed by atoms with Crippen LogP contribution in [0.3, 0.4) is 0 Å². The van der Waals surface area contributed by atoms with Gasteiger partial charge in [-0.05, 0) is 56.5 Å². The molecule has 2 atom stereocenters. The van der Waals surface area contributed by atoms with Crippen LogP contribution in [0.2, 0.25) is 0 Å². The lowest BCUT2D eigenvalue weighted by atomic mass is 10.0. The van der Waals surface area contributed by atoms with E-state index in [1.165, 1.54) is 42.5 Å². The highest BCUT2D eigenvalue weighted by molar-refractivity contribution is 5.53. The fourth-order valence-electron chi connectivity index (χ4n) is 4.05. The van der Waals surface area contributed by atoms with E-state index in [0.717, 1.165) is 18.6 Å². The van der Waals surface area contributed by atoms with Crippen molar-refractivity contribution in [3.8, 4) is 0 Å². The first-order chi connectivity index (χ1) is 13.2. The molecule has 2 unspecified atom stereocenters. The zero-order valence-electron chi connectivity index (χ0n) is 16.3. The van der Waals surface area contributed by atoms with Gasteiger partial charge < -0.3 is 5.32 Å². The predicted molar refractivity (Wildman–Crippen MR) is 108 cm³/mol. The van der Waals surface area contributed by atoms with E-state index in [-0.39, 0.29) is 6.04 Å². The molecule has 1 N–H and O–H groups in total. The summed E-state index contributed by atoms with van der Waals surface area (Å²) in [6.45, 7) is 7.68. The van der Waals surface area contributed by atoms with Gasteiger partial charge in [0.05, 0.1) is 11.7 Å². The first kappa shape index (κ1) is 18.1. The molecule has 0 radical (unpaired) electrons. The second-order valence-corrected chi connectivity index (χ2v) is 7.68. The molecule has 0 saturated carbocycles. The Morgan fingerprint density at radius 2 is 1.96 bits per heavy atom. The van der Waals surface area contributed by atoms with Crippen molar-refractivity contribution in [1.29, 1.82) is 0 Å². The summed E-state index contributed by atoms with van der Waals surface area (Å²) in [6.07, 6.45) is 7.69. The van der Waals surface area contributed by atoms with Gasteiger partial charge in [-0.3, -0.25) is 4.90 Å². The number of hydrogen-bond acceptors (Lipinski definition) is 4. The second kappa shape index (κ2) is 8.19. The minimum absolute atomic E-state index is 0.216. The Morgan fingerprint density at radius 1 is 1.11 bits per heavy atom. The number of fused-ring (bicyclic) bond motifs is 1. The van der Waals surface area contributed by atoms with Gasteiger partial charge >= 0.3 is 0 Å². The van der Waals surface area contributed by atoms with Gasteiger partial charge in [0.25, 0.3) is 0 Å². The molecule has 3 aromatic rings. The maximum atomic E-state index is 4.36. The van der Waals surface area contributed by atoms with Crippen LogP contribution in [0.25, 0.3) is 5.52 Å². The lowest BCUT2D eigenvalue weighted by Gasteiger charge is -2.34. The van der Waals surface area contributed by atoms with Crippen molar-refractivity contribution < 1.29 is 0 Å². The van der Waals surface area contributed by atoms with Gasteiger partial charge in [0.1, 0.15) is 0 Å². The maximum absolute atomic E-state index is 4.36. The number of nitrogens with one attached hydrogen (secondary N) is 1. The molecule has 142 valence electrons. The Labute approximate surface area is 161 Å². The highest BCUT2D eigenvalue weighted by Crippen LogP contribution is 2.22. The SMILES string of the molecule is CC(NCc1ccccc1CN1CCCCC1C)c1cnn2ncccc12. The van der Waals surface area contributed by atoms with Crippen LogP contribution in [0.4, 0.5) is 0 Å². The second-order valence-electron chi connectivity index (χ2n) is 7.68. The summed E-state index contributed by atoms with van der Waals surface area (Å²) < 4.78 is 1.69. The molecule has 1 aliphatic rings. The number of piperidine rings is 1. The lowest BCUT2D eigenvalue weighted by molar-refractivity contribution is 0.152. The van der Waals surface area contributed by atoms with E-state index in [2.05, 4.69) is 64.6 Å². The Morgan fingerprint density at radius 3 is 2.81 bits per heavy atom. The molecule has 0 aliphatic carbocycles. The molecule has 5 heteroatoms. The van der Waals surface area contributed by atoms with Crippen LogP contribution in [0.1, 0.15) is 55.8 Å². The van der Waals surface area contributed by atoms with E-state index in [0.29, 0.717) is 6.04 Å². The monoisotopic (exact) mass is 363 g/mol. The topological polar surface area (TPSA) is 45.5 Å². The minimum Gasteiger partial charge on any atom is -0.306 e. The van der Waals surface area contributed by atoms with Gasteiger partial charge in [-0.2, -0.15) is 14.8 Å². The van der Waals surface area contributed by atoms with E-state index < -0.39 is 0 Å². The standard InChI is InChI=1S/C22H29N5/c1-17-8-5-6-13-26(17)16-20-10-4-3-9-19(20)14-23-18(2)21-15-25-27-22(21)11-7-12-24-27/h3-4,7,9-12,15,17-18,23H,5-6,8,13-14,16H2,1-2H3. The zero-order chi connectivity index (χ0) is 18.6. The van der Waals surface area contributed by atoms with Crippen LogP contribution in [0.15, 0.2) is 48.8 Å². The van der Waals surface area contributed by atoms with Crippen molar-refractivity contribution in [2.24, 2.45) is 0 Å². The molecule has 0 amide bonds. The van der Waals surface area contributed by atoms with Crippen LogP contribution in [0.5, 0.6) is 0 Å². The third-order valence-electron chi connectivity index (χ3n) is 5.83. The number of rotatable bonds is 6. The van der Waals surface area contributed by atoms with Crippen LogP contribution in [0, 0.1) is 0 Å². The van der Waals surface area contributed by atoms with E-state index >= 15 is 0 Å². The van der Waals surface area contributed by atoms with Gasteiger partial charge in [-0.25, -0.2) is 0 Å². The van der Waals surface area contributed by atoms with Gasteiger partial charge in [0, 0.05) is 36.9 Å². The molecule has 1 fully saturated rings. The molecule has 1 aromatic carbocycles. The van der Waals surface area contributed by atoms with Crippen molar-refractivity contribution in [2.45, 2.75) is 58.3 Å². The summed E-state index contributed by atoms with van der Waals surface area (Å²) in [5.74, 6) is 0. The van der Waals surface area contributed by atoms with Crippen LogP contribution in [-0.4, -0.2) is 32.3 Å². The van der Waals surface area contributed by atoms with E-state index in [1.54, 1.807) is 10.8 Å². The summed E-state index contributed by atoms with van der Waals surface area (Å²) in [6, 6.07) is 13.8. The number of hydrogen-bond donors (Lipinski definition) is 1. The van der Waals surface area contributed by atoms with Crippen molar-refractivity contribution >= 4 is 5.52 Å². The van der Waals surface area contributed by atoms with Gasteiger partial charge in [-0.1, -0.05) is 30.7 Å². The van der Waals surface area contributed by atoms with Crippen molar-refractivity contribution in [3.05, 3.63) is 65.5 Å². The quantitative estimate of drug-likeness (QED) is 0.720. The molecule has 1 aliphatic heterocycles. The molecule has 0 bridgehead atoms. The minimum atomic E-state index is 0.216. The molecule has 27 heavy (non-hydrogen) atoms. The Kier molecular flexibility index (Phi) is 5.50. The highest BCUT2D eigenvalue weighted by atomic mass is 15.4. The van der Waals surface area contributed by atoms with E-state index in [9.17, 15) is 0 Å². The molecule has 2 aromatic heterocycles.